The van der Waals surface area contributed by atoms with Crippen LogP contribution < -0.4 is 4.90 Å². The predicted molar refractivity (Wildman–Crippen MR) is 69.4 cm³/mol. The van der Waals surface area contributed by atoms with Gasteiger partial charge in [-0.05, 0) is 36.4 Å². The molecule has 16 heavy (non-hydrogen) atoms. The standard InChI is InChI=1S/C12H14ClNOS/c1-16-11-4-2-10(3-5-11)14-8-9(7-13)6-12(14)15/h2-5,9H,6-8H2,1H3. The first-order valence-electron chi connectivity index (χ1n) is 5.25. The minimum atomic E-state index is 0.183. The largest absolute Gasteiger partial charge is 0.312 e. The van der Waals surface area contributed by atoms with Gasteiger partial charge in [-0.3, -0.25) is 4.79 Å². The second kappa shape index (κ2) is 5.11. The summed E-state index contributed by atoms with van der Waals surface area (Å²) in [6, 6.07) is 8.09. The highest BCUT2D eigenvalue weighted by molar-refractivity contribution is 7.98. The summed E-state index contributed by atoms with van der Waals surface area (Å²) in [6.45, 7) is 0.751. The van der Waals surface area contributed by atoms with E-state index in [4.69, 9.17) is 11.6 Å². The van der Waals surface area contributed by atoms with Crippen LogP contribution in [0.3, 0.4) is 0 Å². The zero-order chi connectivity index (χ0) is 11.5. The molecule has 0 spiro atoms. The first-order valence-corrected chi connectivity index (χ1v) is 7.01. The van der Waals surface area contributed by atoms with Gasteiger partial charge in [0.2, 0.25) is 5.91 Å². The van der Waals surface area contributed by atoms with E-state index in [1.165, 1.54) is 4.90 Å². The topological polar surface area (TPSA) is 20.3 Å². The summed E-state index contributed by atoms with van der Waals surface area (Å²) in [5, 5.41) is 0. The van der Waals surface area contributed by atoms with Crippen LogP contribution in [0.15, 0.2) is 29.2 Å². The van der Waals surface area contributed by atoms with Gasteiger partial charge in [0.1, 0.15) is 0 Å². The van der Waals surface area contributed by atoms with E-state index >= 15 is 0 Å². The van der Waals surface area contributed by atoms with Crippen LogP contribution in [0.4, 0.5) is 5.69 Å². The minimum absolute atomic E-state index is 0.183. The molecule has 1 aliphatic heterocycles. The highest BCUT2D eigenvalue weighted by Crippen LogP contribution is 2.27. The van der Waals surface area contributed by atoms with Crippen LogP contribution in [-0.4, -0.2) is 24.6 Å². The molecule has 0 aromatic heterocycles. The minimum Gasteiger partial charge on any atom is -0.312 e. The molecule has 1 unspecified atom stereocenters. The Morgan fingerprint density at radius 3 is 2.62 bits per heavy atom. The summed E-state index contributed by atoms with van der Waals surface area (Å²) in [4.78, 5) is 14.8. The van der Waals surface area contributed by atoms with Crippen LogP contribution in [0.5, 0.6) is 0 Å². The highest BCUT2D eigenvalue weighted by Gasteiger charge is 2.29. The molecule has 0 radical (unpaired) electrons. The van der Waals surface area contributed by atoms with Gasteiger partial charge in [0, 0.05) is 29.4 Å². The van der Waals surface area contributed by atoms with Crippen molar-refractivity contribution in [2.75, 3.05) is 23.6 Å². The van der Waals surface area contributed by atoms with E-state index < -0.39 is 0 Å². The molecule has 0 saturated carbocycles. The Hall–Kier alpha value is -0.670. The van der Waals surface area contributed by atoms with Crippen molar-refractivity contribution in [1.82, 2.24) is 0 Å². The van der Waals surface area contributed by atoms with Crippen molar-refractivity contribution in [3.05, 3.63) is 24.3 Å². The normalized spacial score (nSPS) is 20.5. The number of hydrogen-bond acceptors (Lipinski definition) is 2. The van der Waals surface area contributed by atoms with Crippen LogP contribution in [0.25, 0.3) is 0 Å². The van der Waals surface area contributed by atoms with E-state index in [-0.39, 0.29) is 5.91 Å². The Labute approximate surface area is 105 Å². The van der Waals surface area contributed by atoms with Crippen molar-refractivity contribution in [3.8, 4) is 0 Å². The summed E-state index contributed by atoms with van der Waals surface area (Å²) in [7, 11) is 0. The molecule has 1 aromatic rings. The summed E-state index contributed by atoms with van der Waals surface area (Å²) < 4.78 is 0. The maximum Gasteiger partial charge on any atom is 0.227 e. The number of amides is 1. The van der Waals surface area contributed by atoms with Crippen molar-refractivity contribution in [3.63, 3.8) is 0 Å². The van der Waals surface area contributed by atoms with Crippen LogP contribution in [0.1, 0.15) is 6.42 Å². The third-order valence-corrected chi connectivity index (χ3v) is 3.99. The van der Waals surface area contributed by atoms with Crippen molar-refractivity contribution >= 4 is 35.0 Å². The smallest absolute Gasteiger partial charge is 0.227 e. The molecule has 2 rings (SSSR count). The number of anilines is 1. The molecule has 1 saturated heterocycles. The predicted octanol–water partition coefficient (Wildman–Crippen LogP) is 3.00. The van der Waals surface area contributed by atoms with Gasteiger partial charge in [0.05, 0.1) is 0 Å². The SMILES string of the molecule is CSc1ccc(N2CC(CCl)CC2=O)cc1. The number of halogens is 1. The number of carbonyl (C=O) groups is 1. The van der Waals surface area contributed by atoms with Gasteiger partial charge in [-0.1, -0.05) is 0 Å². The Bertz CT molecular complexity index is 379. The second-order valence-corrected chi connectivity index (χ2v) is 5.12. The lowest BCUT2D eigenvalue weighted by molar-refractivity contribution is -0.117. The third-order valence-electron chi connectivity index (χ3n) is 2.81. The highest BCUT2D eigenvalue weighted by atomic mass is 35.5. The number of rotatable bonds is 3. The van der Waals surface area contributed by atoms with Crippen molar-refractivity contribution in [2.24, 2.45) is 5.92 Å². The van der Waals surface area contributed by atoms with E-state index in [2.05, 4.69) is 0 Å². The molecule has 0 bridgehead atoms. The first-order chi connectivity index (χ1) is 7.74. The Morgan fingerprint density at radius 1 is 1.44 bits per heavy atom. The number of nitrogens with zero attached hydrogens (tertiary/aromatic N) is 1. The molecule has 2 nitrogen and oxygen atoms in total. The molecule has 1 amide bonds. The number of carbonyl (C=O) groups excluding carboxylic acids is 1. The molecular weight excluding hydrogens is 242 g/mol. The average molecular weight is 256 g/mol. The number of hydrogen-bond donors (Lipinski definition) is 0. The zero-order valence-corrected chi connectivity index (χ0v) is 10.7. The fraction of sp³-hybridized carbons (Fsp3) is 0.417. The van der Waals surface area contributed by atoms with E-state index in [9.17, 15) is 4.79 Å². The van der Waals surface area contributed by atoms with Crippen molar-refractivity contribution < 1.29 is 4.79 Å². The van der Waals surface area contributed by atoms with Crippen molar-refractivity contribution in [2.45, 2.75) is 11.3 Å². The van der Waals surface area contributed by atoms with Gasteiger partial charge >= 0.3 is 0 Å². The molecule has 4 heteroatoms. The number of benzene rings is 1. The fourth-order valence-corrected chi connectivity index (χ4v) is 2.51. The molecule has 1 aliphatic rings. The summed E-state index contributed by atoms with van der Waals surface area (Å²) in [6.07, 6.45) is 2.62. The van der Waals surface area contributed by atoms with Crippen LogP contribution in [-0.2, 0) is 4.79 Å². The Balaban J connectivity index is 2.15. The Kier molecular flexibility index (Phi) is 3.77. The number of thioether (sulfide) groups is 1. The summed E-state index contributed by atoms with van der Waals surface area (Å²) >= 11 is 7.49. The van der Waals surface area contributed by atoms with E-state index in [0.717, 1.165) is 12.2 Å². The monoisotopic (exact) mass is 255 g/mol. The lowest BCUT2D eigenvalue weighted by Gasteiger charge is -2.16. The fourth-order valence-electron chi connectivity index (χ4n) is 1.90. The van der Waals surface area contributed by atoms with Gasteiger partial charge in [-0.2, -0.15) is 0 Å². The molecule has 1 fully saturated rings. The molecular formula is C12H14ClNOS. The van der Waals surface area contributed by atoms with Gasteiger partial charge < -0.3 is 4.90 Å². The summed E-state index contributed by atoms with van der Waals surface area (Å²) in [5.74, 6) is 1.04. The molecule has 86 valence electrons. The van der Waals surface area contributed by atoms with E-state index in [1.807, 2.05) is 35.4 Å². The number of alkyl halides is 1. The first kappa shape index (κ1) is 11.8. The molecule has 0 N–H and O–H groups in total. The van der Waals surface area contributed by atoms with Gasteiger partial charge in [-0.25, -0.2) is 0 Å². The molecule has 0 aliphatic carbocycles. The Morgan fingerprint density at radius 2 is 2.12 bits per heavy atom. The lowest BCUT2D eigenvalue weighted by atomic mass is 10.1. The van der Waals surface area contributed by atoms with Gasteiger partial charge in [-0.15, -0.1) is 23.4 Å². The van der Waals surface area contributed by atoms with Gasteiger partial charge in [0.15, 0.2) is 0 Å². The molecule has 1 atom stereocenters. The van der Waals surface area contributed by atoms with Crippen LogP contribution in [0.2, 0.25) is 0 Å². The molecule has 1 heterocycles. The summed E-state index contributed by atoms with van der Waals surface area (Å²) in [5.41, 5.74) is 0.982. The molecule has 1 aromatic carbocycles. The van der Waals surface area contributed by atoms with E-state index in [0.29, 0.717) is 18.2 Å². The zero-order valence-electron chi connectivity index (χ0n) is 9.15. The average Bonchev–Trinajstić information content (AvgIpc) is 2.71. The maximum absolute atomic E-state index is 11.8. The van der Waals surface area contributed by atoms with E-state index in [1.54, 1.807) is 11.8 Å². The van der Waals surface area contributed by atoms with Crippen LogP contribution >= 0.6 is 23.4 Å². The van der Waals surface area contributed by atoms with Crippen molar-refractivity contribution in [1.29, 1.82) is 0 Å². The maximum atomic E-state index is 11.8. The van der Waals surface area contributed by atoms with Gasteiger partial charge in [0.25, 0.3) is 0 Å². The van der Waals surface area contributed by atoms with Crippen LogP contribution in [0, 0.1) is 5.92 Å². The quantitative estimate of drug-likeness (QED) is 0.611. The lowest BCUT2D eigenvalue weighted by Crippen LogP contribution is -2.24. The third kappa shape index (κ3) is 2.36. The second-order valence-electron chi connectivity index (χ2n) is 3.93.